The molecule has 0 saturated heterocycles. The van der Waals surface area contributed by atoms with Crippen LogP contribution in [0, 0.1) is 0 Å². The van der Waals surface area contributed by atoms with E-state index in [4.69, 9.17) is 16.6 Å². The molecule has 2 aromatic heterocycles. The zero-order valence-electron chi connectivity index (χ0n) is 13.7. The molecule has 1 N–H and O–H groups in total. The number of carbonyl (C=O) groups is 1. The standard InChI is InChI=1S/C19H15ClN4OS/c20-14-7-5-13(6-8-14)19(25)21-9-10-24-17-4-2-1-3-15(17)23-18(24)16-11-26-12-22-16/h1-8,11-12H,9-10H2,(H,21,25). The van der Waals surface area contributed by atoms with E-state index < -0.39 is 0 Å². The van der Waals surface area contributed by atoms with Gasteiger partial charge in [-0.15, -0.1) is 11.3 Å². The molecule has 0 radical (unpaired) electrons. The Hall–Kier alpha value is -2.70. The normalized spacial score (nSPS) is 11.0. The number of rotatable bonds is 5. The van der Waals surface area contributed by atoms with E-state index in [2.05, 4.69) is 14.9 Å². The fourth-order valence-corrected chi connectivity index (χ4v) is 3.46. The van der Waals surface area contributed by atoms with Gasteiger partial charge in [0.1, 0.15) is 5.69 Å². The molecule has 0 bridgehead atoms. The van der Waals surface area contributed by atoms with Crippen LogP contribution in [0.25, 0.3) is 22.6 Å². The summed E-state index contributed by atoms with van der Waals surface area (Å²) in [5.41, 5.74) is 5.16. The summed E-state index contributed by atoms with van der Waals surface area (Å²) in [4.78, 5) is 21.3. The van der Waals surface area contributed by atoms with Crippen molar-refractivity contribution in [2.75, 3.05) is 6.54 Å². The van der Waals surface area contributed by atoms with Crippen LogP contribution >= 0.6 is 22.9 Å². The lowest BCUT2D eigenvalue weighted by molar-refractivity contribution is 0.0952. The van der Waals surface area contributed by atoms with Crippen molar-refractivity contribution in [2.45, 2.75) is 6.54 Å². The van der Waals surface area contributed by atoms with Gasteiger partial charge in [-0.3, -0.25) is 4.79 Å². The molecule has 130 valence electrons. The molecule has 26 heavy (non-hydrogen) atoms. The Kier molecular flexibility index (Phi) is 4.69. The molecule has 0 unspecified atom stereocenters. The van der Waals surface area contributed by atoms with E-state index in [9.17, 15) is 4.79 Å². The molecular formula is C19H15ClN4OS. The van der Waals surface area contributed by atoms with Crippen LogP contribution < -0.4 is 5.32 Å². The Balaban J connectivity index is 1.54. The quantitative estimate of drug-likeness (QED) is 0.561. The van der Waals surface area contributed by atoms with Crippen molar-refractivity contribution in [3.8, 4) is 11.5 Å². The average Bonchev–Trinajstić information content (AvgIpc) is 3.30. The molecule has 0 aliphatic rings. The van der Waals surface area contributed by atoms with Crippen LogP contribution in [-0.2, 0) is 6.54 Å². The lowest BCUT2D eigenvalue weighted by atomic mass is 10.2. The summed E-state index contributed by atoms with van der Waals surface area (Å²) in [7, 11) is 0. The molecular weight excluding hydrogens is 368 g/mol. The second kappa shape index (κ2) is 7.27. The van der Waals surface area contributed by atoms with Gasteiger partial charge in [0.05, 0.1) is 16.5 Å². The SMILES string of the molecule is O=C(NCCn1c(-c2cscn2)nc2ccccc21)c1ccc(Cl)cc1. The zero-order valence-corrected chi connectivity index (χ0v) is 15.3. The predicted molar refractivity (Wildman–Crippen MR) is 105 cm³/mol. The van der Waals surface area contributed by atoms with Crippen LogP contribution in [0.1, 0.15) is 10.4 Å². The smallest absolute Gasteiger partial charge is 0.251 e. The number of halogens is 1. The molecule has 1 amide bonds. The third-order valence-corrected chi connectivity index (χ3v) is 4.88. The van der Waals surface area contributed by atoms with E-state index in [1.807, 2.05) is 29.6 Å². The van der Waals surface area contributed by atoms with Gasteiger partial charge >= 0.3 is 0 Å². The molecule has 0 fully saturated rings. The number of thiazole rings is 1. The van der Waals surface area contributed by atoms with Crippen LogP contribution in [0.15, 0.2) is 59.4 Å². The largest absolute Gasteiger partial charge is 0.350 e. The second-order valence-corrected chi connectivity index (χ2v) is 6.87. The number of hydrogen-bond donors (Lipinski definition) is 1. The number of aromatic nitrogens is 3. The van der Waals surface area contributed by atoms with Crippen LogP contribution in [0.3, 0.4) is 0 Å². The maximum atomic E-state index is 12.3. The number of para-hydroxylation sites is 2. The maximum Gasteiger partial charge on any atom is 0.251 e. The number of fused-ring (bicyclic) bond motifs is 1. The topological polar surface area (TPSA) is 59.8 Å². The Morgan fingerprint density at radius 2 is 1.96 bits per heavy atom. The van der Waals surface area contributed by atoms with Gasteiger partial charge in [0, 0.05) is 29.1 Å². The number of hydrogen-bond acceptors (Lipinski definition) is 4. The molecule has 0 aliphatic carbocycles. The second-order valence-electron chi connectivity index (χ2n) is 5.71. The maximum absolute atomic E-state index is 12.3. The summed E-state index contributed by atoms with van der Waals surface area (Å²) < 4.78 is 2.09. The predicted octanol–water partition coefficient (Wildman–Crippen LogP) is 4.24. The summed E-state index contributed by atoms with van der Waals surface area (Å²) in [6.45, 7) is 1.09. The number of nitrogens with zero attached hydrogens (tertiary/aromatic N) is 3. The molecule has 0 saturated carbocycles. The summed E-state index contributed by atoms with van der Waals surface area (Å²) in [6.07, 6.45) is 0. The fourth-order valence-electron chi connectivity index (χ4n) is 2.80. The van der Waals surface area contributed by atoms with Gasteiger partial charge in [-0.05, 0) is 36.4 Å². The Labute approximate surface area is 159 Å². The van der Waals surface area contributed by atoms with Crippen molar-refractivity contribution in [3.63, 3.8) is 0 Å². The van der Waals surface area contributed by atoms with Gasteiger partial charge in [-0.25, -0.2) is 9.97 Å². The minimum Gasteiger partial charge on any atom is -0.350 e. The molecule has 0 spiro atoms. The lowest BCUT2D eigenvalue weighted by Crippen LogP contribution is -2.27. The van der Waals surface area contributed by atoms with Gasteiger partial charge in [0.2, 0.25) is 0 Å². The average molecular weight is 383 g/mol. The van der Waals surface area contributed by atoms with Gasteiger partial charge in [-0.2, -0.15) is 0 Å². The van der Waals surface area contributed by atoms with E-state index in [1.54, 1.807) is 29.8 Å². The highest BCUT2D eigenvalue weighted by Gasteiger charge is 2.14. The van der Waals surface area contributed by atoms with Gasteiger partial charge in [0.25, 0.3) is 5.91 Å². The van der Waals surface area contributed by atoms with Crippen molar-refractivity contribution < 1.29 is 4.79 Å². The van der Waals surface area contributed by atoms with E-state index in [-0.39, 0.29) is 5.91 Å². The van der Waals surface area contributed by atoms with E-state index in [1.165, 1.54) is 11.3 Å². The van der Waals surface area contributed by atoms with Crippen molar-refractivity contribution in [3.05, 3.63) is 70.0 Å². The fraction of sp³-hybridized carbons (Fsp3) is 0.105. The monoisotopic (exact) mass is 382 g/mol. The van der Waals surface area contributed by atoms with Crippen molar-refractivity contribution in [1.82, 2.24) is 19.9 Å². The molecule has 4 aromatic rings. The number of carbonyl (C=O) groups excluding carboxylic acids is 1. The third kappa shape index (κ3) is 3.34. The Morgan fingerprint density at radius 3 is 2.73 bits per heavy atom. The Morgan fingerprint density at radius 1 is 1.15 bits per heavy atom. The minimum atomic E-state index is -0.124. The minimum absolute atomic E-state index is 0.124. The lowest BCUT2D eigenvalue weighted by Gasteiger charge is -2.09. The molecule has 0 aliphatic heterocycles. The van der Waals surface area contributed by atoms with Crippen molar-refractivity contribution in [2.24, 2.45) is 0 Å². The van der Waals surface area contributed by atoms with Crippen molar-refractivity contribution in [1.29, 1.82) is 0 Å². The number of benzene rings is 2. The molecule has 2 heterocycles. The summed E-state index contributed by atoms with van der Waals surface area (Å²) in [5.74, 6) is 0.689. The van der Waals surface area contributed by atoms with E-state index >= 15 is 0 Å². The van der Waals surface area contributed by atoms with Crippen LogP contribution in [0.5, 0.6) is 0 Å². The number of amides is 1. The summed E-state index contributed by atoms with van der Waals surface area (Å²) in [5, 5.41) is 5.53. The first kappa shape index (κ1) is 16.8. The van der Waals surface area contributed by atoms with E-state index in [0.29, 0.717) is 23.7 Å². The molecule has 4 rings (SSSR count). The molecule has 5 nitrogen and oxygen atoms in total. The van der Waals surface area contributed by atoms with E-state index in [0.717, 1.165) is 22.6 Å². The van der Waals surface area contributed by atoms with Gasteiger partial charge < -0.3 is 9.88 Å². The molecule has 2 aromatic carbocycles. The van der Waals surface area contributed by atoms with Crippen molar-refractivity contribution >= 4 is 39.9 Å². The molecule has 0 atom stereocenters. The summed E-state index contributed by atoms with van der Waals surface area (Å²) >= 11 is 7.40. The highest BCUT2D eigenvalue weighted by molar-refractivity contribution is 7.07. The van der Waals surface area contributed by atoms with Gasteiger partial charge in [0.15, 0.2) is 5.82 Å². The summed E-state index contributed by atoms with van der Waals surface area (Å²) in [6, 6.07) is 14.8. The van der Waals surface area contributed by atoms with Crippen LogP contribution in [0.4, 0.5) is 0 Å². The zero-order chi connectivity index (χ0) is 17.9. The first-order chi connectivity index (χ1) is 12.7. The highest BCUT2D eigenvalue weighted by atomic mass is 35.5. The third-order valence-electron chi connectivity index (χ3n) is 4.04. The van der Waals surface area contributed by atoms with Gasteiger partial charge in [-0.1, -0.05) is 23.7 Å². The highest BCUT2D eigenvalue weighted by Crippen LogP contribution is 2.24. The Bertz CT molecular complexity index is 1040. The molecule has 7 heteroatoms. The van der Waals surface area contributed by atoms with Crippen LogP contribution in [0.2, 0.25) is 5.02 Å². The first-order valence-corrected chi connectivity index (χ1v) is 9.42. The van der Waals surface area contributed by atoms with Crippen LogP contribution in [-0.4, -0.2) is 27.0 Å². The first-order valence-electron chi connectivity index (χ1n) is 8.10. The number of imidazole rings is 1. The number of nitrogens with one attached hydrogen (secondary N) is 1.